The summed E-state index contributed by atoms with van der Waals surface area (Å²) >= 11 is 0. The van der Waals surface area contributed by atoms with E-state index in [4.69, 9.17) is 14.2 Å². The Morgan fingerprint density at radius 1 is 1.25 bits per heavy atom. The molecule has 1 aromatic rings. The fourth-order valence-electron chi connectivity index (χ4n) is 5.02. The van der Waals surface area contributed by atoms with E-state index in [-0.39, 0.29) is 6.79 Å². The standard InChI is InChI=1S/C18H21NO5/c1-22-15-9-17-4-2-5-19(17)6-3-11-7-13-14(24-10-23-13)8-12(11)18(17,21)16(15)20/h7-9,16,20-21H,2-6,10H2,1H3/t16?,17-,18-/m0/s1. The van der Waals surface area contributed by atoms with E-state index >= 15 is 0 Å². The second-order valence-corrected chi connectivity index (χ2v) is 7.05. The Kier molecular flexibility index (Phi) is 2.83. The third kappa shape index (κ3) is 1.52. The van der Waals surface area contributed by atoms with Gasteiger partial charge in [-0.1, -0.05) is 0 Å². The Hall–Kier alpha value is -1.76. The van der Waals surface area contributed by atoms with Crippen molar-refractivity contribution in [3.63, 3.8) is 0 Å². The summed E-state index contributed by atoms with van der Waals surface area (Å²) in [4.78, 5) is 2.29. The second kappa shape index (κ2) is 4.65. The van der Waals surface area contributed by atoms with Gasteiger partial charge in [-0.2, -0.15) is 0 Å². The average Bonchev–Trinajstić information content (AvgIpc) is 3.25. The number of fused-ring (bicyclic) bond motifs is 3. The van der Waals surface area contributed by atoms with Gasteiger partial charge in [-0.15, -0.1) is 0 Å². The van der Waals surface area contributed by atoms with Gasteiger partial charge in [-0.25, -0.2) is 0 Å². The molecule has 3 aliphatic heterocycles. The molecule has 24 heavy (non-hydrogen) atoms. The average molecular weight is 331 g/mol. The number of nitrogens with zero attached hydrogens (tertiary/aromatic N) is 1. The van der Waals surface area contributed by atoms with Crippen molar-refractivity contribution in [3.8, 4) is 11.5 Å². The molecule has 6 nitrogen and oxygen atoms in total. The van der Waals surface area contributed by atoms with Crippen molar-refractivity contribution in [2.45, 2.75) is 36.5 Å². The molecule has 6 heteroatoms. The van der Waals surface area contributed by atoms with Crippen molar-refractivity contribution in [2.75, 3.05) is 27.0 Å². The largest absolute Gasteiger partial charge is 0.498 e. The van der Waals surface area contributed by atoms with Gasteiger partial charge in [0, 0.05) is 6.54 Å². The zero-order valence-electron chi connectivity index (χ0n) is 13.6. The summed E-state index contributed by atoms with van der Waals surface area (Å²) in [5.74, 6) is 1.78. The highest BCUT2D eigenvalue weighted by atomic mass is 16.7. The normalized spacial score (nSPS) is 36.6. The molecule has 3 heterocycles. The monoisotopic (exact) mass is 331 g/mol. The van der Waals surface area contributed by atoms with Crippen LogP contribution in [0.3, 0.4) is 0 Å². The first-order valence-electron chi connectivity index (χ1n) is 8.45. The Bertz CT molecular complexity index is 747. The van der Waals surface area contributed by atoms with Crippen molar-refractivity contribution in [3.05, 3.63) is 35.1 Å². The van der Waals surface area contributed by atoms with Crippen molar-refractivity contribution in [1.82, 2.24) is 4.90 Å². The number of aliphatic hydroxyl groups is 2. The number of benzene rings is 1. The molecular weight excluding hydrogens is 310 g/mol. The van der Waals surface area contributed by atoms with Gasteiger partial charge < -0.3 is 24.4 Å². The maximum Gasteiger partial charge on any atom is 0.231 e. The highest BCUT2D eigenvalue weighted by molar-refractivity contribution is 5.55. The van der Waals surface area contributed by atoms with E-state index in [0.717, 1.165) is 43.5 Å². The number of ether oxygens (including phenoxy) is 3. The van der Waals surface area contributed by atoms with Crippen molar-refractivity contribution < 1.29 is 24.4 Å². The first-order valence-corrected chi connectivity index (χ1v) is 8.45. The third-order valence-electron chi connectivity index (χ3n) is 6.15. The maximum atomic E-state index is 11.9. The predicted octanol–water partition coefficient (Wildman–Crippen LogP) is 0.898. The minimum absolute atomic E-state index is 0.193. The van der Waals surface area contributed by atoms with E-state index in [9.17, 15) is 10.2 Å². The SMILES string of the molecule is COC1=C[C@]23CCCN2CCc2cc4c(cc2[C@]3(O)C1O)OCO4. The van der Waals surface area contributed by atoms with Gasteiger partial charge >= 0.3 is 0 Å². The van der Waals surface area contributed by atoms with Crippen molar-refractivity contribution in [1.29, 1.82) is 0 Å². The predicted molar refractivity (Wildman–Crippen MR) is 84.8 cm³/mol. The van der Waals surface area contributed by atoms with Crippen LogP contribution in [0.25, 0.3) is 0 Å². The van der Waals surface area contributed by atoms with Gasteiger partial charge in [0.1, 0.15) is 17.5 Å². The number of rotatable bonds is 1. The van der Waals surface area contributed by atoms with Crippen molar-refractivity contribution in [2.24, 2.45) is 0 Å². The van der Waals surface area contributed by atoms with Crippen LogP contribution >= 0.6 is 0 Å². The lowest BCUT2D eigenvalue weighted by Gasteiger charge is -2.45. The lowest BCUT2D eigenvalue weighted by atomic mass is 9.73. The van der Waals surface area contributed by atoms with E-state index in [0.29, 0.717) is 17.3 Å². The summed E-state index contributed by atoms with van der Waals surface area (Å²) in [6, 6.07) is 3.79. The van der Waals surface area contributed by atoms with Crippen LogP contribution in [0.1, 0.15) is 24.0 Å². The van der Waals surface area contributed by atoms with Crippen LogP contribution in [0.2, 0.25) is 0 Å². The quantitative estimate of drug-likeness (QED) is 0.797. The van der Waals surface area contributed by atoms with E-state index in [1.54, 1.807) is 7.11 Å². The fourth-order valence-corrected chi connectivity index (χ4v) is 5.02. The van der Waals surface area contributed by atoms with Crippen LogP contribution in [-0.4, -0.2) is 53.7 Å². The molecule has 1 saturated heterocycles. The molecule has 3 atom stereocenters. The summed E-state index contributed by atoms with van der Waals surface area (Å²) in [5, 5.41) is 22.8. The molecule has 0 radical (unpaired) electrons. The molecule has 0 bridgehead atoms. The molecule has 0 aromatic heterocycles. The van der Waals surface area contributed by atoms with Crippen LogP contribution < -0.4 is 9.47 Å². The van der Waals surface area contributed by atoms with E-state index in [1.807, 2.05) is 18.2 Å². The third-order valence-corrected chi connectivity index (χ3v) is 6.15. The van der Waals surface area contributed by atoms with Gasteiger partial charge in [0.15, 0.2) is 11.5 Å². The Morgan fingerprint density at radius 3 is 2.83 bits per heavy atom. The summed E-state index contributed by atoms with van der Waals surface area (Å²) < 4.78 is 16.4. The Balaban J connectivity index is 1.77. The highest BCUT2D eigenvalue weighted by Gasteiger charge is 2.66. The molecular formula is C18H21NO5. The first kappa shape index (κ1) is 14.6. The number of methoxy groups -OCH3 is 1. The summed E-state index contributed by atoms with van der Waals surface area (Å²) in [6.07, 6.45) is 3.42. The topological polar surface area (TPSA) is 71.4 Å². The summed E-state index contributed by atoms with van der Waals surface area (Å²) in [7, 11) is 1.54. The molecule has 128 valence electrons. The molecule has 1 spiro atoms. The molecule has 0 saturated carbocycles. The van der Waals surface area contributed by atoms with E-state index < -0.39 is 17.2 Å². The van der Waals surface area contributed by atoms with Crippen LogP contribution in [0.5, 0.6) is 11.5 Å². The summed E-state index contributed by atoms with van der Waals surface area (Å²) in [5.41, 5.74) is -0.342. The molecule has 2 N–H and O–H groups in total. The van der Waals surface area contributed by atoms with Crippen LogP contribution in [0.4, 0.5) is 0 Å². The minimum Gasteiger partial charge on any atom is -0.498 e. The van der Waals surface area contributed by atoms with Crippen LogP contribution in [0, 0.1) is 0 Å². The molecule has 0 amide bonds. The fraction of sp³-hybridized carbons (Fsp3) is 0.556. The minimum atomic E-state index is -1.44. The van der Waals surface area contributed by atoms with Gasteiger partial charge in [0.2, 0.25) is 6.79 Å². The molecule has 1 unspecified atom stereocenters. The lowest BCUT2D eigenvalue weighted by Crippen LogP contribution is -2.59. The van der Waals surface area contributed by atoms with Crippen molar-refractivity contribution >= 4 is 0 Å². The zero-order chi connectivity index (χ0) is 16.5. The Morgan fingerprint density at radius 2 is 2.04 bits per heavy atom. The molecule has 4 aliphatic rings. The van der Waals surface area contributed by atoms with Crippen LogP contribution in [-0.2, 0) is 16.8 Å². The van der Waals surface area contributed by atoms with E-state index in [2.05, 4.69) is 4.90 Å². The molecule has 5 rings (SSSR count). The number of hydrogen-bond acceptors (Lipinski definition) is 6. The number of hydrogen-bond donors (Lipinski definition) is 2. The Labute approximate surface area is 140 Å². The smallest absolute Gasteiger partial charge is 0.231 e. The van der Waals surface area contributed by atoms with Crippen LogP contribution in [0.15, 0.2) is 24.0 Å². The van der Waals surface area contributed by atoms with Gasteiger partial charge in [-0.05, 0) is 55.1 Å². The molecule has 1 aromatic carbocycles. The van der Waals surface area contributed by atoms with Gasteiger partial charge in [0.05, 0.1) is 12.6 Å². The first-order chi connectivity index (χ1) is 11.6. The lowest BCUT2D eigenvalue weighted by molar-refractivity contribution is -0.132. The highest BCUT2D eigenvalue weighted by Crippen LogP contribution is 2.57. The van der Waals surface area contributed by atoms with E-state index in [1.165, 1.54) is 0 Å². The number of aliphatic hydroxyl groups excluding tert-OH is 1. The summed E-state index contributed by atoms with van der Waals surface area (Å²) in [6.45, 7) is 1.93. The molecule has 1 aliphatic carbocycles. The second-order valence-electron chi connectivity index (χ2n) is 7.05. The van der Waals surface area contributed by atoms with Gasteiger partial charge in [0.25, 0.3) is 0 Å². The molecule has 1 fully saturated rings. The van der Waals surface area contributed by atoms with Gasteiger partial charge in [-0.3, -0.25) is 4.90 Å². The maximum absolute atomic E-state index is 11.9. The zero-order valence-corrected chi connectivity index (χ0v) is 13.6.